The summed E-state index contributed by atoms with van der Waals surface area (Å²) in [6.45, 7) is 0.986. The van der Waals surface area contributed by atoms with Gasteiger partial charge in [0, 0.05) is 6.08 Å². The Hall–Kier alpha value is -1.24. The third-order valence-electron chi connectivity index (χ3n) is 1.86. The van der Waals surface area contributed by atoms with Crippen LogP contribution in [0.5, 0.6) is 0 Å². The molecule has 0 amide bonds. The first-order valence-corrected chi connectivity index (χ1v) is 4.38. The fraction of sp³-hybridized carbons (Fsp3) is 0.364. The van der Waals surface area contributed by atoms with Crippen LogP contribution in [0.3, 0.4) is 0 Å². The van der Waals surface area contributed by atoms with E-state index in [0.717, 1.165) is 18.7 Å². The van der Waals surface area contributed by atoms with Gasteiger partial charge in [0.05, 0.1) is 7.11 Å². The molecule has 0 bridgehead atoms. The second kappa shape index (κ2) is 5.41. The van der Waals surface area contributed by atoms with Gasteiger partial charge in [0.2, 0.25) is 0 Å². The molecular weight excluding hydrogens is 162 g/mol. The Bertz CT molecular complexity index is 280. The normalized spacial score (nSPS) is 14.9. The van der Waals surface area contributed by atoms with Crippen molar-refractivity contribution in [3.05, 3.63) is 41.4 Å². The first kappa shape index (κ1) is 9.85. The molecule has 1 rings (SSSR count). The van der Waals surface area contributed by atoms with Crippen molar-refractivity contribution in [3.63, 3.8) is 0 Å². The van der Waals surface area contributed by atoms with Gasteiger partial charge in [-0.3, -0.25) is 0 Å². The minimum atomic E-state index is 0.843. The van der Waals surface area contributed by atoms with Gasteiger partial charge in [-0.25, -0.2) is 0 Å². The highest BCUT2D eigenvalue weighted by Gasteiger charge is 1.94. The number of hydrogen-bond donors (Lipinski definition) is 1. The van der Waals surface area contributed by atoms with E-state index in [4.69, 9.17) is 4.74 Å². The van der Waals surface area contributed by atoms with Gasteiger partial charge < -0.3 is 10.1 Å². The minimum absolute atomic E-state index is 0.843. The van der Waals surface area contributed by atoms with E-state index in [1.807, 2.05) is 25.3 Å². The van der Waals surface area contributed by atoms with Crippen LogP contribution in [0.25, 0.3) is 0 Å². The molecule has 0 aliphatic heterocycles. The summed E-state index contributed by atoms with van der Waals surface area (Å²) >= 11 is 0. The third kappa shape index (κ3) is 3.32. The molecule has 1 aliphatic rings. The summed E-state index contributed by atoms with van der Waals surface area (Å²) in [7, 11) is 3.61. The molecule has 0 atom stereocenters. The molecular formula is C11H15NO. The summed E-state index contributed by atoms with van der Waals surface area (Å²) in [5.41, 5.74) is 4.33. The molecule has 1 aliphatic carbocycles. The fourth-order valence-electron chi connectivity index (χ4n) is 1.07. The molecule has 0 aromatic heterocycles. The smallest absolute Gasteiger partial charge is 0.126 e. The quantitative estimate of drug-likeness (QED) is 0.661. The maximum absolute atomic E-state index is 5.09. The van der Waals surface area contributed by atoms with Gasteiger partial charge in [0.1, 0.15) is 5.76 Å². The SMILES string of the molecule is CNCCC1=CC=C(OC)C=C=C1. The van der Waals surface area contributed by atoms with Crippen LogP contribution in [0, 0.1) is 0 Å². The second-order valence-corrected chi connectivity index (χ2v) is 2.82. The van der Waals surface area contributed by atoms with E-state index < -0.39 is 0 Å². The zero-order valence-electron chi connectivity index (χ0n) is 8.13. The van der Waals surface area contributed by atoms with Crippen molar-refractivity contribution in [2.24, 2.45) is 0 Å². The molecule has 0 saturated heterocycles. The van der Waals surface area contributed by atoms with Gasteiger partial charge in [-0.05, 0) is 37.7 Å². The van der Waals surface area contributed by atoms with E-state index in [0.29, 0.717) is 0 Å². The minimum Gasteiger partial charge on any atom is -0.496 e. The van der Waals surface area contributed by atoms with E-state index in [1.54, 1.807) is 7.11 Å². The van der Waals surface area contributed by atoms with Crippen molar-refractivity contribution in [1.82, 2.24) is 5.32 Å². The van der Waals surface area contributed by atoms with Crippen molar-refractivity contribution in [1.29, 1.82) is 0 Å². The number of ether oxygens (including phenoxy) is 1. The number of nitrogens with one attached hydrogen (secondary N) is 1. The average Bonchev–Trinajstić information content (AvgIpc) is 2.39. The fourth-order valence-corrected chi connectivity index (χ4v) is 1.07. The number of methoxy groups -OCH3 is 1. The van der Waals surface area contributed by atoms with Crippen LogP contribution in [0.1, 0.15) is 6.42 Å². The van der Waals surface area contributed by atoms with Gasteiger partial charge >= 0.3 is 0 Å². The van der Waals surface area contributed by atoms with Crippen LogP contribution in [-0.4, -0.2) is 20.7 Å². The van der Waals surface area contributed by atoms with Crippen LogP contribution in [0.4, 0.5) is 0 Å². The Balaban J connectivity index is 2.63. The van der Waals surface area contributed by atoms with E-state index in [-0.39, 0.29) is 0 Å². The number of rotatable bonds is 4. The summed E-state index contributed by atoms with van der Waals surface area (Å²) in [4.78, 5) is 0. The lowest BCUT2D eigenvalue weighted by atomic mass is 10.2. The molecule has 0 radical (unpaired) electrons. The van der Waals surface area contributed by atoms with Crippen LogP contribution < -0.4 is 5.32 Å². The Morgan fingerprint density at radius 3 is 2.92 bits per heavy atom. The number of allylic oxidation sites excluding steroid dienone is 3. The van der Waals surface area contributed by atoms with E-state index >= 15 is 0 Å². The first-order chi connectivity index (χ1) is 6.36. The van der Waals surface area contributed by atoms with E-state index in [1.165, 1.54) is 5.57 Å². The molecule has 0 unspecified atom stereocenters. The van der Waals surface area contributed by atoms with Gasteiger partial charge in [-0.1, -0.05) is 6.08 Å². The van der Waals surface area contributed by atoms with Crippen molar-refractivity contribution in [3.8, 4) is 0 Å². The summed E-state index contributed by atoms with van der Waals surface area (Å²) in [5, 5.41) is 3.11. The van der Waals surface area contributed by atoms with Crippen molar-refractivity contribution in [2.75, 3.05) is 20.7 Å². The molecule has 0 aromatic rings. The molecule has 0 heterocycles. The maximum atomic E-state index is 5.09. The lowest BCUT2D eigenvalue weighted by Crippen LogP contribution is -2.07. The van der Waals surface area contributed by atoms with E-state index in [2.05, 4.69) is 17.1 Å². The molecule has 2 heteroatoms. The van der Waals surface area contributed by atoms with Gasteiger partial charge in [-0.15, -0.1) is 5.73 Å². The maximum Gasteiger partial charge on any atom is 0.126 e. The zero-order valence-corrected chi connectivity index (χ0v) is 8.13. The number of hydrogen-bond acceptors (Lipinski definition) is 2. The summed E-state index contributed by atoms with van der Waals surface area (Å²) in [5.74, 6) is 0.843. The average molecular weight is 177 g/mol. The Morgan fingerprint density at radius 2 is 2.23 bits per heavy atom. The lowest BCUT2D eigenvalue weighted by Gasteiger charge is -1.98. The molecule has 2 nitrogen and oxygen atoms in total. The summed E-state index contributed by atoms with van der Waals surface area (Å²) < 4.78 is 5.09. The zero-order chi connectivity index (χ0) is 9.52. The standard InChI is InChI=1S/C11H15NO/c1-12-9-8-10-4-3-5-11(13-2)7-6-10/h4-7,12H,8-9H2,1-2H3. The van der Waals surface area contributed by atoms with E-state index in [9.17, 15) is 0 Å². The van der Waals surface area contributed by atoms with Crippen LogP contribution in [-0.2, 0) is 4.74 Å². The molecule has 0 aromatic carbocycles. The monoisotopic (exact) mass is 177 g/mol. The van der Waals surface area contributed by atoms with Crippen LogP contribution >= 0.6 is 0 Å². The predicted molar refractivity (Wildman–Crippen MR) is 54.4 cm³/mol. The van der Waals surface area contributed by atoms with Crippen molar-refractivity contribution in [2.45, 2.75) is 6.42 Å². The van der Waals surface area contributed by atoms with Gasteiger partial charge in [0.15, 0.2) is 0 Å². The third-order valence-corrected chi connectivity index (χ3v) is 1.86. The Morgan fingerprint density at radius 1 is 1.38 bits per heavy atom. The molecule has 1 N–H and O–H groups in total. The van der Waals surface area contributed by atoms with Gasteiger partial charge in [0.25, 0.3) is 0 Å². The summed E-state index contributed by atoms with van der Waals surface area (Å²) in [6.07, 6.45) is 8.86. The largest absolute Gasteiger partial charge is 0.496 e. The molecule has 0 spiro atoms. The Labute approximate surface area is 79.3 Å². The highest BCUT2D eigenvalue weighted by atomic mass is 16.5. The molecule has 13 heavy (non-hydrogen) atoms. The molecule has 0 fully saturated rings. The van der Waals surface area contributed by atoms with Crippen molar-refractivity contribution < 1.29 is 4.74 Å². The predicted octanol–water partition coefficient (Wildman–Crippen LogP) is 1.78. The summed E-state index contributed by atoms with van der Waals surface area (Å²) in [6, 6.07) is 0. The second-order valence-electron chi connectivity index (χ2n) is 2.82. The topological polar surface area (TPSA) is 21.3 Å². The lowest BCUT2D eigenvalue weighted by molar-refractivity contribution is 0.307. The highest BCUT2D eigenvalue weighted by molar-refractivity contribution is 5.31. The van der Waals surface area contributed by atoms with Gasteiger partial charge in [-0.2, -0.15) is 0 Å². The highest BCUT2D eigenvalue weighted by Crippen LogP contribution is 2.08. The Kier molecular flexibility index (Phi) is 4.10. The first-order valence-electron chi connectivity index (χ1n) is 4.38. The van der Waals surface area contributed by atoms with Crippen LogP contribution in [0.15, 0.2) is 41.4 Å². The molecule has 0 saturated carbocycles. The van der Waals surface area contributed by atoms with Crippen molar-refractivity contribution >= 4 is 0 Å². The van der Waals surface area contributed by atoms with Crippen LogP contribution in [0.2, 0.25) is 0 Å². The molecule has 70 valence electrons.